The van der Waals surface area contributed by atoms with E-state index in [9.17, 15) is 9.59 Å². The van der Waals surface area contributed by atoms with Gasteiger partial charge in [-0.25, -0.2) is 0 Å². The van der Waals surface area contributed by atoms with Crippen molar-refractivity contribution in [1.29, 1.82) is 5.26 Å². The molecule has 0 amide bonds. The number of carbonyl (C=O) groups is 2. The molecule has 0 saturated heterocycles. The minimum absolute atomic E-state index is 0.0893. The largest absolute Gasteiger partial charge is 0.481 e. The molecule has 0 aromatic heterocycles. The summed E-state index contributed by atoms with van der Waals surface area (Å²) in [7, 11) is 0. The highest BCUT2D eigenvalue weighted by Gasteiger charge is 2.18. The molecule has 0 aliphatic heterocycles. The van der Waals surface area contributed by atoms with Crippen LogP contribution in [0.3, 0.4) is 0 Å². The third-order valence-corrected chi connectivity index (χ3v) is 2.26. The van der Waals surface area contributed by atoms with Gasteiger partial charge in [-0.2, -0.15) is 5.26 Å². The van der Waals surface area contributed by atoms with Gasteiger partial charge in [-0.3, -0.25) is 9.59 Å². The molecular weight excluding hydrogens is 206 g/mol. The van der Waals surface area contributed by atoms with Gasteiger partial charge in [-0.05, 0) is 6.07 Å². The van der Waals surface area contributed by atoms with Crippen LogP contribution < -0.4 is 0 Å². The third kappa shape index (κ3) is 2.67. The van der Waals surface area contributed by atoms with Gasteiger partial charge >= 0.3 is 5.97 Å². The second kappa shape index (κ2) is 5.08. The predicted octanol–water partition coefficient (Wildman–Crippen LogP) is 1.85. The lowest BCUT2D eigenvalue weighted by atomic mass is 9.97. The van der Waals surface area contributed by atoms with Gasteiger partial charge in [0.05, 0.1) is 17.6 Å². The van der Waals surface area contributed by atoms with E-state index in [2.05, 4.69) is 0 Å². The minimum Gasteiger partial charge on any atom is -0.481 e. The molecule has 16 heavy (non-hydrogen) atoms. The van der Waals surface area contributed by atoms with Crippen molar-refractivity contribution in [3.63, 3.8) is 0 Å². The molecule has 1 aromatic rings. The number of Topliss-reactive ketones (excluding diaryl/α,β-unsaturated/α-hetero) is 1. The summed E-state index contributed by atoms with van der Waals surface area (Å²) >= 11 is 0. The van der Waals surface area contributed by atoms with E-state index in [1.54, 1.807) is 18.2 Å². The van der Waals surface area contributed by atoms with E-state index in [4.69, 9.17) is 10.4 Å². The fourth-order valence-corrected chi connectivity index (χ4v) is 1.30. The molecule has 1 unspecified atom stereocenters. The number of benzene rings is 1. The Kier molecular flexibility index (Phi) is 3.78. The van der Waals surface area contributed by atoms with Crippen molar-refractivity contribution in [2.45, 2.75) is 13.3 Å². The Bertz CT molecular complexity index is 460. The normalized spacial score (nSPS) is 11.5. The molecule has 1 N–H and O–H groups in total. The number of carboxylic acid groups (broad SMARTS) is 1. The van der Waals surface area contributed by atoms with Crippen molar-refractivity contribution >= 4 is 11.8 Å². The van der Waals surface area contributed by atoms with E-state index < -0.39 is 11.9 Å². The van der Waals surface area contributed by atoms with Crippen LogP contribution in [-0.2, 0) is 4.79 Å². The molecule has 0 aliphatic rings. The molecule has 82 valence electrons. The van der Waals surface area contributed by atoms with Crippen LogP contribution >= 0.6 is 0 Å². The first-order valence-corrected chi connectivity index (χ1v) is 4.81. The van der Waals surface area contributed by atoms with E-state index in [1.807, 2.05) is 6.07 Å². The summed E-state index contributed by atoms with van der Waals surface area (Å²) in [5.74, 6) is -2.06. The van der Waals surface area contributed by atoms with Gasteiger partial charge in [0.2, 0.25) is 0 Å². The zero-order valence-corrected chi connectivity index (χ0v) is 8.80. The van der Waals surface area contributed by atoms with E-state index >= 15 is 0 Å². The van der Waals surface area contributed by atoms with Crippen LogP contribution in [0.5, 0.6) is 0 Å². The fourth-order valence-electron chi connectivity index (χ4n) is 1.30. The van der Waals surface area contributed by atoms with Crippen molar-refractivity contribution in [2.75, 3.05) is 0 Å². The number of hydrogen-bond donors (Lipinski definition) is 1. The lowest BCUT2D eigenvalue weighted by Crippen LogP contribution is -2.15. The Morgan fingerprint density at radius 1 is 1.44 bits per heavy atom. The number of nitrogens with zero attached hydrogens (tertiary/aromatic N) is 1. The lowest BCUT2D eigenvalue weighted by molar-refractivity contribution is -0.141. The topological polar surface area (TPSA) is 78.2 Å². The number of aliphatic carboxylic acids is 1. The average Bonchev–Trinajstić information content (AvgIpc) is 2.28. The van der Waals surface area contributed by atoms with Gasteiger partial charge in [-0.15, -0.1) is 0 Å². The molecule has 0 aliphatic carbocycles. The van der Waals surface area contributed by atoms with Crippen LogP contribution in [0, 0.1) is 17.2 Å². The molecule has 0 fully saturated rings. The zero-order chi connectivity index (χ0) is 12.1. The standard InChI is InChI=1S/C12H11NO3/c1-8(12(15)16)6-11(14)10-5-3-2-4-9(10)7-13/h2-5,8H,6H2,1H3,(H,15,16). The summed E-state index contributed by atoms with van der Waals surface area (Å²) in [6.45, 7) is 1.47. The maximum Gasteiger partial charge on any atom is 0.306 e. The number of rotatable bonds is 4. The van der Waals surface area contributed by atoms with Gasteiger partial charge in [0.1, 0.15) is 0 Å². The Morgan fingerprint density at radius 3 is 2.62 bits per heavy atom. The molecule has 0 bridgehead atoms. The summed E-state index contributed by atoms with van der Waals surface area (Å²) < 4.78 is 0. The monoisotopic (exact) mass is 217 g/mol. The number of carbonyl (C=O) groups excluding carboxylic acids is 1. The first-order valence-electron chi connectivity index (χ1n) is 4.81. The molecule has 1 atom stereocenters. The summed E-state index contributed by atoms with van der Waals surface area (Å²) in [5.41, 5.74) is 0.572. The second-order valence-electron chi connectivity index (χ2n) is 3.52. The van der Waals surface area contributed by atoms with Crippen molar-refractivity contribution in [1.82, 2.24) is 0 Å². The molecule has 4 heteroatoms. The first-order chi connectivity index (χ1) is 7.56. The quantitative estimate of drug-likeness (QED) is 0.780. The van der Waals surface area contributed by atoms with Crippen LogP contribution in [0.4, 0.5) is 0 Å². The summed E-state index contributed by atoms with van der Waals surface area (Å²) in [6, 6.07) is 8.30. The maximum atomic E-state index is 11.7. The minimum atomic E-state index is -1.01. The average molecular weight is 217 g/mol. The molecule has 0 saturated carbocycles. The zero-order valence-electron chi connectivity index (χ0n) is 8.80. The highest BCUT2D eigenvalue weighted by atomic mass is 16.4. The Labute approximate surface area is 93.1 Å². The van der Waals surface area contributed by atoms with E-state index in [-0.39, 0.29) is 23.3 Å². The Hall–Kier alpha value is -2.15. The fraction of sp³-hybridized carbons (Fsp3) is 0.250. The summed E-state index contributed by atoms with van der Waals surface area (Å²) in [5, 5.41) is 17.5. The number of ketones is 1. The highest BCUT2D eigenvalue weighted by Crippen LogP contribution is 2.13. The lowest BCUT2D eigenvalue weighted by Gasteiger charge is -2.06. The smallest absolute Gasteiger partial charge is 0.306 e. The highest BCUT2D eigenvalue weighted by molar-refractivity contribution is 5.99. The van der Waals surface area contributed by atoms with Crippen molar-refractivity contribution in [2.24, 2.45) is 5.92 Å². The van der Waals surface area contributed by atoms with Crippen LogP contribution in [0.15, 0.2) is 24.3 Å². The van der Waals surface area contributed by atoms with E-state index in [0.717, 1.165) is 0 Å². The van der Waals surface area contributed by atoms with Gasteiger partial charge in [0.15, 0.2) is 5.78 Å². The van der Waals surface area contributed by atoms with Crippen molar-refractivity contribution in [3.8, 4) is 6.07 Å². The first kappa shape index (κ1) is 11.9. The summed E-state index contributed by atoms with van der Waals surface area (Å²) in [6.07, 6.45) is -0.0893. The summed E-state index contributed by atoms with van der Waals surface area (Å²) in [4.78, 5) is 22.3. The molecule has 0 radical (unpaired) electrons. The Balaban J connectivity index is 2.90. The van der Waals surface area contributed by atoms with E-state index in [0.29, 0.717) is 0 Å². The molecule has 1 rings (SSSR count). The van der Waals surface area contributed by atoms with Crippen LogP contribution in [-0.4, -0.2) is 16.9 Å². The SMILES string of the molecule is CC(CC(=O)c1ccccc1C#N)C(=O)O. The van der Waals surface area contributed by atoms with Crippen LogP contribution in [0.25, 0.3) is 0 Å². The van der Waals surface area contributed by atoms with Gasteiger partial charge in [0.25, 0.3) is 0 Å². The van der Waals surface area contributed by atoms with Gasteiger partial charge in [-0.1, -0.05) is 25.1 Å². The van der Waals surface area contributed by atoms with Gasteiger partial charge < -0.3 is 5.11 Å². The molecule has 1 aromatic carbocycles. The third-order valence-electron chi connectivity index (χ3n) is 2.26. The molecule has 0 spiro atoms. The van der Waals surface area contributed by atoms with E-state index in [1.165, 1.54) is 13.0 Å². The number of nitriles is 1. The number of carboxylic acids is 1. The number of hydrogen-bond acceptors (Lipinski definition) is 3. The Morgan fingerprint density at radius 2 is 2.06 bits per heavy atom. The predicted molar refractivity (Wildman–Crippen MR) is 56.9 cm³/mol. The van der Waals surface area contributed by atoms with Crippen LogP contribution in [0.2, 0.25) is 0 Å². The van der Waals surface area contributed by atoms with Crippen molar-refractivity contribution < 1.29 is 14.7 Å². The van der Waals surface area contributed by atoms with Crippen molar-refractivity contribution in [3.05, 3.63) is 35.4 Å². The molecule has 0 heterocycles. The molecular formula is C12H11NO3. The van der Waals surface area contributed by atoms with Gasteiger partial charge in [0, 0.05) is 12.0 Å². The second-order valence-corrected chi connectivity index (χ2v) is 3.52. The molecule has 4 nitrogen and oxygen atoms in total. The maximum absolute atomic E-state index is 11.7. The van der Waals surface area contributed by atoms with Crippen LogP contribution in [0.1, 0.15) is 29.3 Å².